The fourth-order valence-corrected chi connectivity index (χ4v) is 3.14. The molecular formula is C21H22N4O4S. The summed E-state index contributed by atoms with van der Waals surface area (Å²) in [5.41, 5.74) is 1.69. The number of carbonyl (C=O) groups excluding carboxylic acids is 2. The number of benzene rings is 1. The van der Waals surface area contributed by atoms with Crippen LogP contribution in [0.25, 0.3) is 0 Å². The fraction of sp³-hybridized carbons (Fsp3) is 0.381. The smallest absolute Gasteiger partial charge is 0.312 e. The van der Waals surface area contributed by atoms with Gasteiger partial charge in [0.05, 0.1) is 37.1 Å². The Kier molecular flexibility index (Phi) is 9.29. The molecule has 1 heterocycles. The Morgan fingerprint density at radius 2 is 1.80 bits per heavy atom. The third kappa shape index (κ3) is 7.90. The van der Waals surface area contributed by atoms with Crippen LogP contribution >= 0.6 is 11.3 Å². The van der Waals surface area contributed by atoms with Crippen molar-refractivity contribution in [3.8, 4) is 17.9 Å². The van der Waals surface area contributed by atoms with E-state index in [1.165, 1.54) is 16.2 Å². The van der Waals surface area contributed by atoms with Crippen LogP contribution in [0.3, 0.4) is 0 Å². The molecule has 0 bridgehead atoms. The Labute approximate surface area is 179 Å². The van der Waals surface area contributed by atoms with Crippen LogP contribution in [0.15, 0.2) is 29.6 Å². The van der Waals surface area contributed by atoms with E-state index >= 15 is 0 Å². The maximum atomic E-state index is 12.2. The molecule has 30 heavy (non-hydrogen) atoms. The number of rotatable bonds is 11. The first-order chi connectivity index (χ1) is 14.5. The minimum atomic E-state index is -0.569. The molecule has 0 aliphatic carbocycles. The minimum absolute atomic E-state index is 0.0509. The second kappa shape index (κ2) is 12.2. The molecule has 0 unspecified atom stereocenters. The van der Waals surface area contributed by atoms with Crippen molar-refractivity contribution < 1.29 is 19.1 Å². The van der Waals surface area contributed by atoms with Gasteiger partial charge in [0.15, 0.2) is 6.61 Å². The van der Waals surface area contributed by atoms with E-state index in [2.05, 4.69) is 4.98 Å². The van der Waals surface area contributed by atoms with Crippen LogP contribution in [0.2, 0.25) is 0 Å². The lowest BCUT2D eigenvalue weighted by Crippen LogP contribution is -2.36. The van der Waals surface area contributed by atoms with Gasteiger partial charge >= 0.3 is 5.97 Å². The number of hydrogen-bond donors (Lipinski definition) is 0. The van der Waals surface area contributed by atoms with Gasteiger partial charge < -0.3 is 14.4 Å². The lowest BCUT2D eigenvalue weighted by atomic mass is 10.2. The van der Waals surface area contributed by atoms with Gasteiger partial charge in [0.25, 0.3) is 5.91 Å². The van der Waals surface area contributed by atoms with Crippen LogP contribution in [0.5, 0.6) is 5.75 Å². The van der Waals surface area contributed by atoms with Crippen molar-refractivity contribution in [3.63, 3.8) is 0 Å². The summed E-state index contributed by atoms with van der Waals surface area (Å²) in [6.07, 6.45) is 0.249. The maximum absolute atomic E-state index is 12.2. The summed E-state index contributed by atoms with van der Waals surface area (Å²) in [4.78, 5) is 29.9. The third-order valence-corrected chi connectivity index (χ3v) is 4.88. The molecular weight excluding hydrogens is 404 g/mol. The van der Waals surface area contributed by atoms with E-state index in [4.69, 9.17) is 20.0 Å². The number of hydrogen-bond acceptors (Lipinski definition) is 8. The number of thiazole rings is 1. The molecule has 2 aromatic rings. The van der Waals surface area contributed by atoms with E-state index in [0.717, 1.165) is 16.3 Å². The van der Waals surface area contributed by atoms with Crippen molar-refractivity contribution in [2.24, 2.45) is 0 Å². The molecule has 0 radical (unpaired) electrons. The van der Waals surface area contributed by atoms with Crippen LogP contribution in [0, 0.1) is 29.6 Å². The highest BCUT2D eigenvalue weighted by Gasteiger charge is 2.16. The lowest BCUT2D eigenvalue weighted by Gasteiger charge is -2.19. The van der Waals surface area contributed by atoms with Gasteiger partial charge in [-0.05, 0) is 19.1 Å². The normalized spacial score (nSPS) is 9.97. The molecule has 8 nitrogen and oxygen atoms in total. The van der Waals surface area contributed by atoms with Gasteiger partial charge in [-0.15, -0.1) is 11.3 Å². The van der Waals surface area contributed by atoms with Crippen LogP contribution < -0.4 is 4.74 Å². The maximum Gasteiger partial charge on any atom is 0.312 e. The number of esters is 1. The van der Waals surface area contributed by atoms with E-state index in [1.54, 1.807) is 5.38 Å². The molecule has 1 aromatic heterocycles. The second-order valence-corrected chi connectivity index (χ2v) is 7.31. The Hall–Kier alpha value is -3.43. The number of nitriles is 2. The van der Waals surface area contributed by atoms with Crippen molar-refractivity contribution in [1.82, 2.24) is 9.88 Å². The van der Waals surface area contributed by atoms with Gasteiger partial charge in [0.2, 0.25) is 0 Å². The molecule has 1 amide bonds. The first-order valence-electron chi connectivity index (χ1n) is 9.32. The van der Waals surface area contributed by atoms with Gasteiger partial charge in [-0.1, -0.05) is 17.7 Å². The SMILES string of the molecule is Cc1ccc(OCc2nc(CC(=O)OCC(=O)N(CCC#N)CCC#N)cs2)cc1. The topological polar surface area (TPSA) is 116 Å². The number of nitrogens with zero attached hydrogens (tertiary/aromatic N) is 4. The Bertz CT molecular complexity index is 910. The summed E-state index contributed by atoms with van der Waals surface area (Å²) < 4.78 is 10.7. The van der Waals surface area contributed by atoms with Crippen LogP contribution in [-0.4, -0.2) is 41.5 Å². The van der Waals surface area contributed by atoms with Gasteiger partial charge in [-0.3, -0.25) is 9.59 Å². The van der Waals surface area contributed by atoms with Crippen LogP contribution in [0.4, 0.5) is 0 Å². The second-order valence-electron chi connectivity index (χ2n) is 6.37. The summed E-state index contributed by atoms with van der Waals surface area (Å²) in [5, 5.41) is 19.8. The molecule has 0 fully saturated rings. The molecule has 0 aliphatic heterocycles. The highest BCUT2D eigenvalue weighted by atomic mass is 32.1. The van der Waals surface area contributed by atoms with Gasteiger partial charge in [-0.25, -0.2) is 4.98 Å². The van der Waals surface area contributed by atoms with Gasteiger partial charge in [-0.2, -0.15) is 10.5 Å². The summed E-state index contributed by atoms with van der Waals surface area (Å²) >= 11 is 1.38. The highest BCUT2D eigenvalue weighted by molar-refractivity contribution is 7.09. The Morgan fingerprint density at radius 1 is 1.13 bits per heavy atom. The number of carbonyl (C=O) groups is 2. The molecule has 0 atom stereocenters. The number of amides is 1. The van der Waals surface area contributed by atoms with E-state index in [9.17, 15) is 9.59 Å². The van der Waals surface area contributed by atoms with E-state index in [0.29, 0.717) is 12.3 Å². The van der Waals surface area contributed by atoms with Gasteiger partial charge in [0.1, 0.15) is 17.4 Å². The summed E-state index contributed by atoms with van der Waals surface area (Å²) in [6, 6.07) is 11.6. The molecule has 0 saturated carbocycles. The first kappa shape index (κ1) is 22.9. The molecule has 0 aliphatic rings. The quantitative estimate of drug-likeness (QED) is 0.507. The molecule has 9 heteroatoms. The zero-order valence-corrected chi connectivity index (χ0v) is 17.5. The predicted octanol–water partition coefficient (Wildman–Crippen LogP) is 2.77. The average molecular weight is 426 g/mol. The Balaban J connectivity index is 1.77. The standard InChI is InChI=1S/C21H22N4O4S/c1-16-4-6-18(7-5-16)28-13-19-24-17(15-30-19)12-21(27)29-14-20(26)25(10-2-8-22)11-3-9-23/h4-7,15H,2-3,10-14H2,1H3. The van der Waals surface area contributed by atoms with E-state index < -0.39 is 18.5 Å². The zero-order chi connectivity index (χ0) is 21.8. The summed E-state index contributed by atoms with van der Waals surface area (Å²) in [6.45, 7) is 2.27. The van der Waals surface area contributed by atoms with E-state index in [-0.39, 0.29) is 32.4 Å². The Morgan fingerprint density at radius 3 is 2.43 bits per heavy atom. The number of ether oxygens (including phenoxy) is 2. The predicted molar refractivity (Wildman–Crippen MR) is 109 cm³/mol. The summed E-state index contributed by atoms with van der Waals surface area (Å²) in [7, 11) is 0. The van der Waals surface area contributed by atoms with Crippen molar-refractivity contribution in [2.45, 2.75) is 32.8 Å². The molecule has 0 saturated heterocycles. The summed E-state index contributed by atoms with van der Waals surface area (Å²) in [5.74, 6) is -0.257. The molecule has 2 rings (SSSR count). The fourth-order valence-electron chi connectivity index (χ4n) is 2.44. The van der Waals surface area contributed by atoms with Crippen LogP contribution in [-0.2, 0) is 27.4 Å². The molecule has 0 N–H and O–H groups in total. The monoisotopic (exact) mass is 426 g/mol. The van der Waals surface area contributed by atoms with Crippen LogP contribution in [0.1, 0.15) is 29.1 Å². The largest absolute Gasteiger partial charge is 0.486 e. The molecule has 156 valence electrons. The van der Waals surface area contributed by atoms with Crippen molar-refractivity contribution >= 4 is 23.2 Å². The average Bonchev–Trinajstić information content (AvgIpc) is 3.19. The number of aryl methyl sites for hydroxylation is 1. The van der Waals surface area contributed by atoms with Crippen molar-refractivity contribution in [3.05, 3.63) is 45.9 Å². The lowest BCUT2D eigenvalue weighted by molar-refractivity contribution is -0.151. The van der Waals surface area contributed by atoms with Gasteiger partial charge in [0, 0.05) is 18.5 Å². The van der Waals surface area contributed by atoms with E-state index in [1.807, 2.05) is 43.3 Å². The highest BCUT2D eigenvalue weighted by Crippen LogP contribution is 2.16. The minimum Gasteiger partial charge on any atom is -0.486 e. The number of aromatic nitrogens is 1. The first-order valence-corrected chi connectivity index (χ1v) is 10.2. The van der Waals surface area contributed by atoms with Crippen molar-refractivity contribution in [2.75, 3.05) is 19.7 Å². The molecule has 1 aromatic carbocycles. The third-order valence-electron chi connectivity index (χ3n) is 4.00. The van der Waals surface area contributed by atoms with Crippen molar-refractivity contribution in [1.29, 1.82) is 10.5 Å². The molecule has 0 spiro atoms. The zero-order valence-electron chi connectivity index (χ0n) is 16.7.